The van der Waals surface area contributed by atoms with E-state index >= 15 is 0 Å². The van der Waals surface area contributed by atoms with Gasteiger partial charge in [-0.2, -0.15) is 10.5 Å². The number of aromatic hydroxyl groups is 1. The normalized spacial score (nSPS) is 15.3. The van der Waals surface area contributed by atoms with E-state index in [0.717, 1.165) is 24.3 Å². The van der Waals surface area contributed by atoms with Crippen molar-refractivity contribution in [1.82, 2.24) is 0 Å². The molecule has 4 nitrogen and oxygen atoms in total. The molecule has 0 radical (unpaired) electrons. The van der Waals surface area contributed by atoms with E-state index in [9.17, 15) is 5.11 Å². The average molecular weight is 260 g/mol. The van der Waals surface area contributed by atoms with Crippen LogP contribution in [0.3, 0.4) is 0 Å². The van der Waals surface area contributed by atoms with Crippen molar-refractivity contribution in [2.75, 3.05) is 17.2 Å². The Labute approximate surface area is 109 Å². The second kappa shape index (κ2) is 4.80. The largest absolute Gasteiger partial charge is 0.502 e. The molecule has 0 unspecified atom stereocenters. The second-order valence-corrected chi connectivity index (χ2v) is 6.51. The summed E-state index contributed by atoms with van der Waals surface area (Å²) < 4.78 is 0. The lowest BCUT2D eigenvalue weighted by Gasteiger charge is -2.12. The zero-order valence-electron chi connectivity index (χ0n) is 10.2. The predicted octanol–water partition coefficient (Wildman–Crippen LogP) is 1.80. The Kier molecular flexibility index (Phi) is 3.36. The van der Waals surface area contributed by atoms with Crippen molar-refractivity contribution < 1.29 is 5.11 Å². The Morgan fingerprint density at radius 1 is 1.17 bits per heavy atom. The first-order valence-corrected chi connectivity index (χ1v) is 7.30. The quantitative estimate of drug-likeness (QED) is 0.594. The molecule has 92 valence electrons. The minimum atomic E-state index is -0.123. The SMILES string of the molecule is Cc1c(C#N)c(N)c([S+]2CCCC2)c(O)c1C#N. The minimum absolute atomic E-state index is 0.0169. The maximum Gasteiger partial charge on any atom is 0.222 e. The van der Waals surface area contributed by atoms with Gasteiger partial charge in [-0.1, -0.05) is 0 Å². The van der Waals surface area contributed by atoms with Crippen LogP contribution in [0.5, 0.6) is 5.75 Å². The number of hydrogen-bond acceptors (Lipinski definition) is 4. The van der Waals surface area contributed by atoms with Crippen LogP contribution >= 0.6 is 0 Å². The van der Waals surface area contributed by atoms with E-state index in [1.807, 2.05) is 12.1 Å². The summed E-state index contributed by atoms with van der Waals surface area (Å²) in [6, 6.07) is 4.02. The summed E-state index contributed by atoms with van der Waals surface area (Å²) in [5.41, 5.74) is 7.37. The van der Waals surface area contributed by atoms with E-state index < -0.39 is 0 Å². The number of nitrogens with zero attached hydrogens (tertiary/aromatic N) is 2. The highest BCUT2D eigenvalue weighted by atomic mass is 32.2. The summed E-state index contributed by atoms with van der Waals surface area (Å²) in [5.74, 6) is 1.95. The molecule has 0 bridgehead atoms. The second-order valence-electron chi connectivity index (χ2n) is 4.30. The third-order valence-corrected chi connectivity index (χ3v) is 5.81. The first kappa shape index (κ1) is 12.6. The summed E-state index contributed by atoms with van der Waals surface area (Å²) in [4.78, 5) is 0.631. The lowest BCUT2D eigenvalue weighted by atomic mass is 10.0. The molecule has 0 aliphatic carbocycles. The highest BCUT2D eigenvalue weighted by Gasteiger charge is 2.35. The number of nitriles is 2. The molecule has 1 heterocycles. The third-order valence-electron chi connectivity index (χ3n) is 3.26. The number of benzene rings is 1. The van der Waals surface area contributed by atoms with Crippen LogP contribution in [0.15, 0.2) is 4.90 Å². The van der Waals surface area contributed by atoms with Gasteiger partial charge < -0.3 is 10.8 Å². The van der Waals surface area contributed by atoms with E-state index in [1.54, 1.807) is 6.92 Å². The fraction of sp³-hybridized carbons (Fsp3) is 0.385. The van der Waals surface area contributed by atoms with Crippen molar-refractivity contribution in [2.45, 2.75) is 24.7 Å². The molecule has 1 aliphatic heterocycles. The molecule has 5 heteroatoms. The predicted molar refractivity (Wildman–Crippen MR) is 71.3 cm³/mol. The van der Waals surface area contributed by atoms with Crippen LogP contribution in [0.4, 0.5) is 5.69 Å². The Bertz CT molecular complexity index is 536. The van der Waals surface area contributed by atoms with Crippen LogP contribution in [-0.4, -0.2) is 16.6 Å². The Balaban J connectivity index is 2.73. The summed E-state index contributed by atoms with van der Waals surface area (Å²) in [5, 5.41) is 28.5. The molecule has 3 N–H and O–H groups in total. The molecule has 2 rings (SSSR count). The number of nitrogen functional groups attached to an aromatic ring is 1. The number of anilines is 1. The molecule has 1 aromatic carbocycles. The van der Waals surface area contributed by atoms with Gasteiger partial charge in [0.05, 0.1) is 5.56 Å². The van der Waals surface area contributed by atoms with Crippen molar-refractivity contribution >= 4 is 16.6 Å². The monoisotopic (exact) mass is 260 g/mol. The van der Waals surface area contributed by atoms with Gasteiger partial charge in [-0.05, 0) is 25.3 Å². The molecule has 1 aliphatic rings. The summed E-state index contributed by atoms with van der Waals surface area (Å²) >= 11 is 0. The topological polar surface area (TPSA) is 93.8 Å². The minimum Gasteiger partial charge on any atom is -0.502 e. The van der Waals surface area contributed by atoms with Gasteiger partial charge in [-0.3, -0.25) is 0 Å². The smallest absolute Gasteiger partial charge is 0.222 e. The van der Waals surface area contributed by atoms with Gasteiger partial charge in [0.1, 0.15) is 34.9 Å². The van der Waals surface area contributed by atoms with E-state index in [1.165, 1.54) is 0 Å². The Morgan fingerprint density at radius 2 is 1.72 bits per heavy atom. The number of rotatable bonds is 1. The molecule has 0 saturated carbocycles. The Hall–Kier alpha value is -1.85. The fourth-order valence-corrected chi connectivity index (χ4v) is 4.80. The molecule has 0 amide bonds. The summed E-state index contributed by atoms with van der Waals surface area (Å²) in [7, 11) is -0.123. The van der Waals surface area contributed by atoms with E-state index in [4.69, 9.17) is 16.3 Å². The van der Waals surface area contributed by atoms with Crippen molar-refractivity contribution in [3.05, 3.63) is 16.7 Å². The molecule has 1 fully saturated rings. The maximum absolute atomic E-state index is 10.2. The van der Waals surface area contributed by atoms with E-state index in [2.05, 4.69) is 0 Å². The fourth-order valence-electron chi connectivity index (χ4n) is 2.29. The van der Waals surface area contributed by atoms with Gasteiger partial charge in [0.25, 0.3) is 0 Å². The molecule has 0 spiro atoms. The number of phenols is 1. The molecule has 0 atom stereocenters. The number of phenolic OH excluding ortho intramolecular Hbond substituents is 1. The lowest BCUT2D eigenvalue weighted by Crippen LogP contribution is -2.11. The van der Waals surface area contributed by atoms with Crippen LogP contribution in [0.2, 0.25) is 0 Å². The molecular weight excluding hydrogens is 246 g/mol. The van der Waals surface area contributed by atoms with Gasteiger partial charge in [0.15, 0.2) is 5.75 Å². The standard InChI is InChI=1S/C13H13N3OS/c1-8-9(6-14)11(16)13(12(17)10(8)7-15)18-4-2-3-5-18/h2-5,16H2,1H3/p+1. The van der Waals surface area contributed by atoms with Crippen LogP contribution in [0.25, 0.3) is 0 Å². The van der Waals surface area contributed by atoms with Gasteiger partial charge in [0, 0.05) is 10.9 Å². The maximum atomic E-state index is 10.2. The molecule has 1 aromatic rings. The highest BCUT2D eigenvalue weighted by Crippen LogP contribution is 2.40. The van der Waals surface area contributed by atoms with E-state index in [0.29, 0.717) is 21.7 Å². The number of nitrogens with two attached hydrogens (primary N) is 1. The highest BCUT2D eigenvalue weighted by molar-refractivity contribution is 7.97. The van der Waals surface area contributed by atoms with Gasteiger partial charge in [-0.25, -0.2) is 0 Å². The molecule has 0 aromatic heterocycles. The van der Waals surface area contributed by atoms with Crippen LogP contribution in [-0.2, 0) is 10.9 Å². The number of hydrogen-bond donors (Lipinski definition) is 2. The van der Waals surface area contributed by atoms with Crippen molar-refractivity contribution in [1.29, 1.82) is 10.5 Å². The lowest BCUT2D eigenvalue weighted by molar-refractivity contribution is 0.460. The molecule has 18 heavy (non-hydrogen) atoms. The van der Waals surface area contributed by atoms with Crippen LogP contribution in [0.1, 0.15) is 29.5 Å². The van der Waals surface area contributed by atoms with Crippen molar-refractivity contribution in [3.8, 4) is 17.9 Å². The van der Waals surface area contributed by atoms with Crippen molar-refractivity contribution in [2.24, 2.45) is 0 Å². The van der Waals surface area contributed by atoms with Crippen molar-refractivity contribution in [3.63, 3.8) is 0 Å². The molecule has 1 saturated heterocycles. The molecular formula is C13H14N3OS+. The van der Waals surface area contributed by atoms with Gasteiger partial charge in [0.2, 0.25) is 4.90 Å². The van der Waals surface area contributed by atoms with Gasteiger partial charge in [-0.15, -0.1) is 0 Å². The summed E-state index contributed by atoms with van der Waals surface area (Å²) in [6.07, 6.45) is 2.22. The summed E-state index contributed by atoms with van der Waals surface area (Å²) in [6.45, 7) is 1.65. The zero-order chi connectivity index (χ0) is 13.3. The Morgan fingerprint density at radius 3 is 2.22 bits per heavy atom. The van der Waals surface area contributed by atoms with Crippen LogP contribution < -0.4 is 5.73 Å². The third kappa shape index (κ3) is 1.77. The van der Waals surface area contributed by atoms with Crippen LogP contribution in [0, 0.1) is 29.6 Å². The van der Waals surface area contributed by atoms with E-state index in [-0.39, 0.29) is 22.2 Å². The first-order valence-electron chi connectivity index (χ1n) is 5.74. The first-order chi connectivity index (χ1) is 8.61. The average Bonchev–Trinajstić information content (AvgIpc) is 2.83. The van der Waals surface area contributed by atoms with Gasteiger partial charge >= 0.3 is 0 Å². The zero-order valence-corrected chi connectivity index (χ0v) is 11.0.